The van der Waals surface area contributed by atoms with Crippen LogP contribution >= 0.6 is 0 Å². The third-order valence-electron chi connectivity index (χ3n) is 3.87. The van der Waals surface area contributed by atoms with Crippen molar-refractivity contribution in [1.29, 1.82) is 0 Å². The minimum Gasteiger partial charge on any atom is -0.497 e. The summed E-state index contributed by atoms with van der Waals surface area (Å²) in [6, 6.07) is 2.98. The number of piperidine rings is 1. The normalized spacial score (nSPS) is 17.2. The number of esters is 1. The number of halogens is 1. The Morgan fingerprint density at radius 3 is 2.71 bits per heavy atom. The number of carbonyl (C=O) groups excluding carboxylic acids is 3. The average Bonchev–Trinajstić information content (AvgIpc) is 2.59. The molecule has 7 nitrogen and oxygen atoms in total. The Labute approximate surface area is 138 Å². The van der Waals surface area contributed by atoms with Crippen molar-refractivity contribution in [2.75, 3.05) is 20.3 Å². The van der Waals surface area contributed by atoms with Crippen LogP contribution in [0.2, 0.25) is 0 Å². The fourth-order valence-corrected chi connectivity index (χ4v) is 2.60. The van der Waals surface area contributed by atoms with E-state index < -0.39 is 36.2 Å². The molecular formula is C16H19FN2O5. The first-order valence-electron chi connectivity index (χ1n) is 7.53. The molecular weight excluding hydrogens is 319 g/mol. The van der Waals surface area contributed by atoms with Crippen LogP contribution in [0.4, 0.5) is 4.39 Å². The van der Waals surface area contributed by atoms with Gasteiger partial charge in [0.25, 0.3) is 5.91 Å². The fraction of sp³-hybridized carbons (Fsp3) is 0.438. The van der Waals surface area contributed by atoms with E-state index in [-0.39, 0.29) is 11.3 Å². The van der Waals surface area contributed by atoms with Gasteiger partial charge in [-0.3, -0.25) is 9.59 Å². The van der Waals surface area contributed by atoms with Crippen LogP contribution in [-0.2, 0) is 14.3 Å². The maximum Gasteiger partial charge on any atom is 0.341 e. The quantitative estimate of drug-likeness (QED) is 0.803. The van der Waals surface area contributed by atoms with Crippen molar-refractivity contribution in [2.45, 2.75) is 25.3 Å². The number of ether oxygens (including phenoxy) is 2. The molecule has 1 aliphatic rings. The van der Waals surface area contributed by atoms with Crippen LogP contribution in [0.25, 0.3) is 0 Å². The maximum absolute atomic E-state index is 13.8. The molecule has 2 amide bonds. The molecule has 1 aromatic rings. The number of hydrogen-bond acceptors (Lipinski definition) is 5. The lowest BCUT2D eigenvalue weighted by Gasteiger charge is -2.33. The monoisotopic (exact) mass is 338 g/mol. The van der Waals surface area contributed by atoms with Crippen LogP contribution in [0.1, 0.15) is 29.6 Å². The predicted molar refractivity (Wildman–Crippen MR) is 81.8 cm³/mol. The molecule has 1 heterocycles. The van der Waals surface area contributed by atoms with Crippen molar-refractivity contribution in [2.24, 2.45) is 5.73 Å². The summed E-state index contributed by atoms with van der Waals surface area (Å²) < 4.78 is 23.5. The summed E-state index contributed by atoms with van der Waals surface area (Å²) in [6.45, 7) is -0.199. The average molecular weight is 338 g/mol. The Balaban J connectivity index is 1.98. The third-order valence-corrected chi connectivity index (χ3v) is 3.87. The molecule has 1 saturated heterocycles. The lowest BCUT2D eigenvalue weighted by Crippen LogP contribution is -2.51. The highest BCUT2D eigenvalue weighted by atomic mass is 19.1. The van der Waals surface area contributed by atoms with Gasteiger partial charge >= 0.3 is 5.97 Å². The lowest BCUT2D eigenvalue weighted by molar-refractivity contribution is -0.143. The molecule has 0 saturated carbocycles. The molecule has 0 aliphatic carbocycles. The summed E-state index contributed by atoms with van der Waals surface area (Å²) in [5.41, 5.74) is 4.99. The van der Waals surface area contributed by atoms with E-state index in [1.54, 1.807) is 0 Å². The smallest absolute Gasteiger partial charge is 0.341 e. The molecule has 8 heteroatoms. The van der Waals surface area contributed by atoms with E-state index in [4.69, 9.17) is 15.2 Å². The van der Waals surface area contributed by atoms with Gasteiger partial charge in [-0.1, -0.05) is 0 Å². The zero-order valence-electron chi connectivity index (χ0n) is 13.3. The number of amides is 2. The molecule has 1 aliphatic heterocycles. The fourth-order valence-electron chi connectivity index (χ4n) is 2.60. The SMILES string of the molecule is COc1ccc(C(=O)OCC(=O)N2CCCC[C@@H]2C(N)=O)c(F)c1. The first-order valence-corrected chi connectivity index (χ1v) is 7.53. The maximum atomic E-state index is 13.8. The van der Waals surface area contributed by atoms with Crippen LogP contribution in [0.3, 0.4) is 0 Å². The van der Waals surface area contributed by atoms with Crippen molar-refractivity contribution in [3.63, 3.8) is 0 Å². The summed E-state index contributed by atoms with van der Waals surface area (Å²) in [6.07, 6.45) is 2.03. The first-order chi connectivity index (χ1) is 11.4. The highest BCUT2D eigenvalue weighted by molar-refractivity contribution is 5.92. The van der Waals surface area contributed by atoms with Gasteiger partial charge < -0.3 is 20.1 Å². The van der Waals surface area contributed by atoms with Crippen LogP contribution in [0.5, 0.6) is 5.75 Å². The van der Waals surface area contributed by atoms with Gasteiger partial charge in [-0.05, 0) is 31.4 Å². The number of nitrogens with two attached hydrogens (primary N) is 1. The molecule has 2 N–H and O–H groups in total. The summed E-state index contributed by atoms with van der Waals surface area (Å²) in [7, 11) is 1.37. The standard InChI is InChI=1S/C16H19FN2O5/c1-23-10-5-6-11(12(17)8-10)16(22)24-9-14(20)19-7-3-2-4-13(19)15(18)21/h5-6,8,13H,2-4,7,9H2,1H3,(H2,18,21)/t13-/m1/s1. The van der Waals surface area contributed by atoms with Crippen LogP contribution < -0.4 is 10.5 Å². The molecule has 0 bridgehead atoms. The molecule has 0 unspecified atom stereocenters. The minimum atomic E-state index is -0.962. The molecule has 130 valence electrons. The second kappa shape index (κ2) is 7.76. The Morgan fingerprint density at radius 1 is 1.33 bits per heavy atom. The Morgan fingerprint density at radius 2 is 2.08 bits per heavy atom. The topological polar surface area (TPSA) is 98.9 Å². The number of rotatable bonds is 5. The Kier molecular flexibility index (Phi) is 5.73. The predicted octanol–water partition coefficient (Wildman–Crippen LogP) is 0.857. The molecule has 24 heavy (non-hydrogen) atoms. The summed E-state index contributed by atoms with van der Waals surface area (Å²) in [5.74, 6) is -2.62. The molecule has 1 aromatic carbocycles. The molecule has 0 spiro atoms. The number of nitrogens with zero attached hydrogens (tertiary/aromatic N) is 1. The highest BCUT2D eigenvalue weighted by Gasteiger charge is 2.31. The minimum absolute atomic E-state index is 0.262. The van der Waals surface area contributed by atoms with E-state index in [1.165, 1.54) is 24.1 Å². The van der Waals surface area contributed by atoms with Gasteiger partial charge in [-0.25, -0.2) is 9.18 Å². The van der Waals surface area contributed by atoms with E-state index in [2.05, 4.69) is 0 Å². The van der Waals surface area contributed by atoms with Crippen molar-refractivity contribution in [3.8, 4) is 5.75 Å². The number of methoxy groups -OCH3 is 1. The number of likely N-dealkylation sites (tertiary alicyclic amines) is 1. The number of hydrogen-bond donors (Lipinski definition) is 1. The van der Waals surface area contributed by atoms with Gasteiger partial charge in [0.2, 0.25) is 5.91 Å². The third kappa shape index (κ3) is 4.01. The van der Waals surface area contributed by atoms with E-state index in [0.29, 0.717) is 13.0 Å². The number of primary amides is 1. The second-order valence-electron chi connectivity index (χ2n) is 5.42. The van der Waals surface area contributed by atoms with Crippen LogP contribution in [0, 0.1) is 5.82 Å². The molecule has 0 radical (unpaired) electrons. The highest BCUT2D eigenvalue weighted by Crippen LogP contribution is 2.19. The Bertz CT molecular complexity index is 649. The van der Waals surface area contributed by atoms with Crippen molar-refractivity contribution in [3.05, 3.63) is 29.6 Å². The number of carbonyl (C=O) groups is 3. The summed E-state index contributed by atoms with van der Waals surface area (Å²) >= 11 is 0. The molecule has 2 rings (SSSR count). The van der Waals surface area contributed by atoms with Gasteiger partial charge in [0, 0.05) is 12.6 Å². The summed E-state index contributed by atoms with van der Waals surface area (Å²) in [5, 5.41) is 0. The lowest BCUT2D eigenvalue weighted by atomic mass is 10.0. The molecule has 1 atom stereocenters. The molecule has 1 fully saturated rings. The van der Waals surface area contributed by atoms with E-state index in [0.717, 1.165) is 18.9 Å². The van der Waals surface area contributed by atoms with E-state index >= 15 is 0 Å². The van der Waals surface area contributed by atoms with Gasteiger partial charge in [-0.2, -0.15) is 0 Å². The summed E-state index contributed by atoms with van der Waals surface area (Å²) in [4.78, 5) is 36.8. The van der Waals surface area contributed by atoms with Crippen molar-refractivity contribution < 1.29 is 28.2 Å². The van der Waals surface area contributed by atoms with Crippen molar-refractivity contribution >= 4 is 17.8 Å². The van der Waals surface area contributed by atoms with Gasteiger partial charge in [0.15, 0.2) is 6.61 Å². The van der Waals surface area contributed by atoms with Gasteiger partial charge in [0.1, 0.15) is 17.6 Å². The van der Waals surface area contributed by atoms with E-state index in [1.807, 2.05) is 0 Å². The second-order valence-corrected chi connectivity index (χ2v) is 5.42. The van der Waals surface area contributed by atoms with Gasteiger partial charge in [0.05, 0.1) is 12.7 Å². The first kappa shape index (κ1) is 17.7. The van der Waals surface area contributed by atoms with Crippen molar-refractivity contribution in [1.82, 2.24) is 4.90 Å². The largest absolute Gasteiger partial charge is 0.497 e. The van der Waals surface area contributed by atoms with E-state index in [9.17, 15) is 18.8 Å². The van der Waals surface area contributed by atoms with Crippen LogP contribution in [-0.4, -0.2) is 49.0 Å². The zero-order chi connectivity index (χ0) is 17.7. The number of benzene rings is 1. The molecule has 0 aromatic heterocycles. The Hall–Kier alpha value is -2.64. The zero-order valence-corrected chi connectivity index (χ0v) is 13.3. The van der Waals surface area contributed by atoms with Crippen LogP contribution in [0.15, 0.2) is 18.2 Å². The van der Waals surface area contributed by atoms with Gasteiger partial charge in [-0.15, -0.1) is 0 Å².